The summed E-state index contributed by atoms with van der Waals surface area (Å²) in [5, 5.41) is 9.13. The lowest BCUT2D eigenvalue weighted by Gasteiger charge is -2.13. The highest BCUT2D eigenvalue weighted by molar-refractivity contribution is 8.00. The molecule has 0 aliphatic rings. The summed E-state index contributed by atoms with van der Waals surface area (Å²) in [7, 11) is 0. The molecule has 7 heteroatoms. The Kier molecular flexibility index (Phi) is 6.60. The Morgan fingerprint density at radius 2 is 1.64 bits per heavy atom. The predicted octanol–water partition coefficient (Wildman–Crippen LogP) is 5.37. The molecule has 0 aliphatic carbocycles. The van der Waals surface area contributed by atoms with E-state index < -0.39 is 5.25 Å². The van der Waals surface area contributed by atoms with Crippen molar-refractivity contribution in [3.05, 3.63) is 94.6 Å². The van der Waals surface area contributed by atoms with E-state index in [1.807, 2.05) is 73.9 Å². The van der Waals surface area contributed by atoms with Crippen molar-refractivity contribution in [2.24, 2.45) is 0 Å². The maximum absolute atomic E-state index is 13.3. The van der Waals surface area contributed by atoms with E-state index in [9.17, 15) is 9.59 Å². The second-order valence-electron chi connectivity index (χ2n) is 8.04. The van der Waals surface area contributed by atoms with Gasteiger partial charge in [-0.25, -0.2) is 0 Å². The molecule has 168 valence electrons. The average molecular weight is 459 g/mol. The lowest BCUT2D eigenvalue weighted by Crippen LogP contribution is -2.16. The molecule has 0 spiro atoms. The number of H-pyrrole nitrogens is 1. The fourth-order valence-corrected chi connectivity index (χ4v) is 4.99. The molecule has 2 aromatic carbocycles. The number of aromatic nitrogens is 4. The second kappa shape index (κ2) is 9.58. The molecule has 2 heterocycles. The summed E-state index contributed by atoms with van der Waals surface area (Å²) in [5.41, 5.74) is 4.57. The molecule has 4 rings (SSSR count). The van der Waals surface area contributed by atoms with Gasteiger partial charge in [0.05, 0.1) is 10.9 Å². The van der Waals surface area contributed by atoms with Gasteiger partial charge in [0.25, 0.3) is 0 Å². The molecule has 0 saturated carbocycles. The van der Waals surface area contributed by atoms with Crippen LogP contribution in [0.1, 0.15) is 57.3 Å². The molecule has 1 unspecified atom stereocenters. The zero-order chi connectivity index (χ0) is 23.5. The number of Topliss-reactive ketones (excluding diaryl/α,β-unsaturated/α-hetero) is 2. The Balaban J connectivity index is 1.66. The summed E-state index contributed by atoms with van der Waals surface area (Å²) in [6, 6.07) is 20.0. The number of benzene rings is 2. The number of hydrogen-bond acceptors (Lipinski definition) is 5. The number of ketones is 2. The van der Waals surface area contributed by atoms with E-state index in [-0.39, 0.29) is 11.6 Å². The van der Waals surface area contributed by atoms with Crippen LogP contribution in [0.3, 0.4) is 0 Å². The quantitative estimate of drug-likeness (QED) is 0.284. The molecule has 0 bridgehead atoms. The molecule has 0 saturated heterocycles. The number of thioether (sulfide) groups is 1. The van der Waals surface area contributed by atoms with Gasteiger partial charge in [-0.2, -0.15) is 0 Å². The van der Waals surface area contributed by atoms with E-state index in [1.54, 1.807) is 0 Å². The molecule has 0 aliphatic heterocycles. The lowest BCUT2D eigenvalue weighted by molar-refractivity contribution is 0.0988. The number of aryl methyl sites for hydroxylation is 1. The topological polar surface area (TPSA) is 80.6 Å². The molecule has 33 heavy (non-hydrogen) atoms. The van der Waals surface area contributed by atoms with Gasteiger partial charge in [-0.05, 0) is 51.0 Å². The van der Waals surface area contributed by atoms with E-state index >= 15 is 0 Å². The van der Waals surface area contributed by atoms with Crippen molar-refractivity contribution >= 4 is 23.3 Å². The smallest absolute Gasteiger partial charge is 0.196 e. The van der Waals surface area contributed by atoms with Gasteiger partial charge in [-0.1, -0.05) is 60.3 Å². The van der Waals surface area contributed by atoms with Gasteiger partial charge in [0.2, 0.25) is 0 Å². The van der Waals surface area contributed by atoms with Crippen molar-refractivity contribution in [1.82, 2.24) is 19.7 Å². The number of carbonyl (C=O) groups is 2. The standard InChI is InChI=1S/C26H26N4O2S/c1-16-23(18(3)31)17(2)27-24(16)25(32)19(4)33-26-29-28-22(15-20-11-7-5-8-12-20)30(26)21-13-9-6-10-14-21/h5-14,19,27H,15H2,1-4H3. The number of nitrogens with one attached hydrogen (secondary N) is 1. The van der Waals surface area contributed by atoms with Gasteiger partial charge >= 0.3 is 0 Å². The maximum atomic E-state index is 13.3. The highest BCUT2D eigenvalue weighted by Crippen LogP contribution is 2.30. The van der Waals surface area contributed by atoms with Crippen LogP contribution in [-0.2, 0) is 6.42 Å². The first-order valence-electron chi connectivity index (χ1n) is 10.8. The van der Waals surface area contributed by atoms with Gasteiger partial charge in [0.1, 0.15) is 5.82 Å². The minimum Gasteiger partial charge on any atom is -0.355 e. The minimum absolute atomic E-state index is 0.0463. The van der Waals surface area contributed by atoms with Crippen LogP contribution in [-0.4, -0.2) is 36.6 Å². The molecule has 1 N–H and O–H groups in total. The summed E-state index contributed by atoms with van der Waals surface area (Å²) < 4.78 is 2.01. The maximum Gasteiger partial charge on any atom is 0.196 e. The van der Waals surface area contributed by atoms with Crippen LogP contribution in [0.4, 0.5) is 0 Å². The number of aromatic amines is 1. The summed E-state index contributed by atoms with van der Waals surface area (Å²) >= 11 is 1.37. The summed E-state index contributed by atoms with van der Waals surface area (Å²) in [4.78, 5) is 28.4. The number of para-hydroxylation sites is 1. The van der Waals surface area contributed by atoms with E-state index in [0.29, 0.717) is 28.4 Å². The van der Waals surface area contributed by atoms with Crippen molar-refractivity contribution in [2.45, 2.75) is 44.5 Å². The zero-order valence-electron chi connectivity index (χ0n) is 19.1. The lowest BCUT2D eigenvalue weighted by atomic mass is 10.0. The van der Waals surface area contributed by atoms with Gasteiger partial charge in [-0.15, -0.1) is 10.2 Å². The largest absolute Gasteiger partial charge is 0.355 e. The van der Waals surface area contributed by atoms with Crippen LogP contribution in [0.15, 0.2) is 65.8 Å². The van der Waals surface area contributed by atoms with Gasteiger partial charge in [-0.3, -0.25) is 14.2 Å². The van der Waals surface area contributed by atoms with Crippen LogP contribution >= 0.6 is 11.8 Å². The fourth-order valence-electron chi connectivity index (χ4n) is 4.05. The van der Waals surface area contributed by atoms with Crippen molar-refractivity contribution in [1.29, 1.82) is 0 Å². The summed E-state index contributed by atoms with van der Waals surface area (Å²) in [6.45, 7) is 7.01. The van der Waals surface area contributed by atoms with Gasteiger partial charge in [0, 0.05) is 23.4 Å². The van der Waals surface area contributed by atoms with Crippen LogP contribution in [0.25, 0.3) is 5.69 Å². The fraction of sp³-hybridized carbons (Fsp3) is 0.231. The zero-order valence-corrected chi connectivity index (χ0v) is 19.9. The molecule has 0 radical (unpaired) electrons. The minimum atomic E-state index is -0.419. The van der Waals surface area contributed by atoms with Gasteiger partial charge in [0.15, 0.2) is 16.7 Å². The molecule has 6 nitrogen and oxygen atoms in total. The first-order chi connectivity index (χ1) is 15.9. The SMILES string of the molecule is CC(=O)c1c(C)[nH]c(C(=O)C(C)Sc2nnc(Cc3ccccc3)n2-c2ccccc2)c1C. The first kappa shape index (κ1) is 22.7. The van der Waals surface area contributed by atoms with E-state index in [1.165, 1.54) is 18.7 Å². The van der Waals surface area contributed by atoms with Crippen LogP contribution in [0.5, 0.6) is 0 Å². The highest BCUT2D eigenvalue weighted by Gasteiger charge is 2.26. The Morgan fingerprint density at radius 1 is 1.00 bits per heavy atom. The number of rotatable bonds is 8. The molecular weight excluding hydrogens is 432 g/mol. The van der Waals surface area contributed by atoms with Crippen LogP contribution in [0.2, 0.25) is 0 Å². The highest BCUT2D eigenvalue weighted by atomic mass is 32.2. The van der Waals surface area contributed by atoms with Crippen molar-refractivity contribution < 1.29 is 9.59 Å². The Morgan fingerprint density at radius 3 is 2.24 bits per heavy atom. The van der Waals surface area contributed by atoms with E-state index in [2.05, 4.69) is 27.3 Å². The van der Waals surface area contributed by atoms with Crippen LogP contribution in [0, 0.1) is 13.8 Å². The van der Waals surface area contributed by atoms with Gasteiger partial charge < -0.3 is 4.98 Å². The molecular formula is C26H26N4O2S. The van der Waals surface area contributed by atoms with Crippen molar-refractivity contribution in [3.63, 3.8) is 0 Å². The first-order valence-corrected chi connectivity index (χ1v) is 11.7. The monoisotopic (exact) mass is 458 g/mol. The summed E-state index contributed by atoms with van der Waals surface area (Å²) in [5.74, 6) is 0.690. The Hall–Kier alpha value is -3.45. The number of hydrogen-bond donors (Lipinski definition) is 1. The third-order valence-corrected chi connectivity index (χ3v) is 6.65. The summed E-state index contributed by atoms with van der Waals surface area (Å²) in [6.07, 6.45) is 0.628. The van der Waals surface area contributed by atoms with Crippen molar-refractivity contribution in [2.75, 3.05) is 0 Å². The van der Waals surface area contributed by atoms with E-state index in [4.69, 9.17) is 0 Å². The molecule has 0 amide bonds. The third kappa shape index (κ3) is 4.68. The normalized spacial score (nSPS) is 12.0. The molecule has 1 atom stereocenters. The Labute approximate surface area is 197 Å². The predicted molar refractivity (Wildman–Crippen MR) is 131 cm³/mol. The van der Waals surface area contributed by atoms with Crippen molar-refractivity contribution in [3.8, 4) is 5.69 Å². The van der Waals surface area contributed by atoms with Crippen LogP contribution < -0.4 is 0 Å². The number of carbonyl (C=O) groups excluding carboxylic acids is 2. The molecule has 0 fully saturated rings. The third-order valence-electron chi connectivity index (χ3n) is 5.61. The average Bonchev–Trinajstić information content (AvgIpc) is 3.33. The number of nitrogens with zero attached hydrogens (tertiary/aromatic N) is 3. The molecule has 4 aromatic rings. The van der Waals surface area contributed by atoms with E-state index in [0.717, 1.165) is 22.8 Å². The second-order valence-corrected chi connectivity index (χ2v) is 9.35. The molecule has 2 aromatic heterocycles. The Bertz CT molecular complexity index is 1290.